The molecule has 86 valence electrons. The van der Waals surface area contributed by atoms with E-state index in [1.54, 1.807) is 0 Å². The molecule has 2 heterocycles. The summed E-state index contributed by atoms with van der Waals surface area (Å²) in [6.45, 7) is 4.94. The second kappa shape index (κ2) is 4.66. The van der Waals surface area contributed by atoms with Crippen LogP contribution in [-0.4, -0.2) is 18.6 Å². The number of rotatable bonds is 3. The van der Waals surface area contributed by atoms with Crippen LogP contribution in [0.3, 0.4) is 0 Å². The summed E-state index contributed by atoms with van der Waals surface area (Å²) < 4.78 is 5.60. The van der Waals surface area contributed by atoms with Crippen molar-refractivity contribution >= 4 is 0 Å². The van der Waals surface area contributed by atoms with Crippen molar-refractivity contribution < 1.29 is 4.74 Å². The predicted molar refractivity (Wildman–Crippen MR) is 64.2 cm³/mol. The molecular formula is C13H18N2O. The highest BCUT2D eigenvalue weighted by molar-refractivity contribution is 5.30. The van der Waals surface area contributed by atoms with Crippen LogP contribution in [0, 0.1) is 13.8 Å². The third-order valence-electron chi connectivity index (χ3n) is 2.83. The lowest BCUT2D eigenvalue weighted by atomic mass is 10.0. The summed E-state index contributed by atoms with van der Waals surface area (Å²) in [6, 6.07) is 2.24. The van der Waals surface area contributed by atoms with Crippen molar-refractivity contribution in [1.29, 1.82) is 0 Å². The average Bonchev–Trinajstić information content (AvgIpc) is 2.75. The fraction of sp³-hybridized carbons (Fsp3) is 0.462. The van der Waals surface area contributed by atoms with Crippen LogP contribution in [0.2, 0.25) is 0 Å². The molecule has 2 rings (SSSR count). The molecule has 0 saturated carbocycles. The lowest BCUT2D eigenvalue weighted by Crippen LogP contribution is -2.21. The Hall–Kier alpha value is -1.35. The van der Waals surface area contributed by atoms with Crippen LogP contribution < -0.4 is 5.32 Å². The lowest BCUT2D eigenvalue weighted by Gasteiger charge is -2.19. The van der Waals surface area contributed by atoms with Crippen LogP contribution in [0.15, 0.2) is 24.1 Å². The van der Waals surface area contributed by atoms with Crippen LogP contribution in [-0.2, 0) is 4.74 Å². The van der Waals surface area contributed by atoms with Crippen molar-refractivity contribution in [3.05, 3.63) is 40.9 Å². The molecule has 1 aliphatic rings. The van der Waals surface area contributed by atoms with Gasteiger partial charge in [0.2, 0.25) is 0 Å². The van der Waals surface area contributed by atoms with Crippen molar-refractivity contribution in [2.75, 3.05) is 13.7 Å². The van der Waals surface area contributed by atoms with Crippen LogP contribution in [0.1, 0.15) is 29.3 Å². The largest absolute Gasteiger partial charge is 0.496 e. The number of aromatic nitrogens is 1. The summed E-state index contributed by atoms with van der Waals surface area (Å²) in [5.74, 6) is 1.00. The van der Waals surface area contributed by atoms with E-state index in [-0.39, 0.29) is 6.04 Å². The first-order valence-corrected chi connectivity index (χ1v) is 5.65. The van der Waals surface area contributed by atoms with Gasteiger partial charge in [0.1, 0.15) is 11.8 Å². The molecule has 0 aliphatic carbocycles. The van der Waals surface area contributed by atoms with Gasteiger partial charge in [0.15, 0.2) is 0 Å². The lowest BCUT2D eigenvalue weighted by molar-refractivity contribution is 0.216. The maximum absolute atomic E-state index is 5.60. The molecule has 0 aromatic carbocycles. The number of nitrogens with zero attached hydrogens (tertiary/aromatic N) is 1. The SMILES string of the molecule is CNC(C1=CCCO1)c1ncc(C)cc1C. The summed E-state index contributed by atoms with van der Waals surface area (Å²) in [5, 5.41) is 3.26. The minimum atomic E-state index is 0.0862. The van der Waals surface area contributed by atoms with Crippen LogP contribution in [0.4, 0.5) is 0 Å². The Kier molecular flexibility index (Phi) is 3.25. The summed E-state index contributed by atoms with van der Waals surface area (Å²) in [4.78, 5) is 4.51. The van der Waals surface area contributed by atoms with Gasteiger partial charge in [0, 0.05) is 12.6 Å². The Morgan fingerprint density at radius 1 is 1.44 bits per heavy atom. The molecule has 1 atom stereocenters. The van der Waals surface area contributed by atoms with Gasteiger partial charge < -0.3 is 10.1 Å². The van der Waals surface area contributed by atoms with Crippen molar-refractivity contribution in [3.63, 3.8) is 0 Å². The minimum Gasteiger partial charge on any atom is -0.496 e. The summed E-state index contributed by atoms with van der Waals surface area (Å²) in [6.07, 6.45) is 5.04. The molecule has 0 fully saturated rings. The molecule has 3 heteroatoms. The number of hydrogen-bond donors (Lipinski definition) is 1. The quantitative estimate of drug-likeness (QED) is 0.845. The second-order valence-corrected chi connectivity index (χ2v) is 4.18. The van der Waals surface area contributed by atoms with Crippen molar-refractivity contribution in [1.82, 2.24) is 10.3 Å². The molecule has 1 aromatic heterocycles. The van der Waals surface area contributed by atoms with Crippen molar-refractivity contribution in [3.8, 4) is 0 Å². The highest BCUT2D eigenvalue weighted by atomic mass is 16.5. The Labute approximate surface area is 96.5 Å². The Morgan fingerprint density at radius 2 is 2.25 bits per heavy atom. The molecule has 0 spiro atoms. The topological polar surface area (TPSA) is 34.1 Å². The summed E-state index contributed by atoms with van der Waals surface area (Å²) in [5.41, 5.74) is 3.45. The van der Waals surface area contributed by atoms with E-state index < -0.39 is 0 Å². The standard InChI is InChI=1S/C13H18N2O/c1-9-7-10(2)12(15-8-9)13(14-3)11-5-4-6-16-11/h5,7-8,13-14H,4,6H2,1-3H3. The van der Waals surface area contributed by atoms with Gasteiger partial charge in [-0.15, -0.1) is 0 Å². The van der Waals surface area contributed by atoms with Gasteiger partial charge in [-0.2, -0.15) is 0 Å². The molecule has 3 nitrogen and oxygen atoms in total. The average molecular weight is 218 g/mol. The number of likely N-dealkylation sites (N-methyl/N-ethyl adjacent to an activating group) is 1. The van der Waals surface area contributed by atoms with Crippen LogP contribution >= 0.6 is 0 Å². The molecular weight excluding hydrogens is 200 g/mol. The first kappa shape index (κ1) is 11.1. The molecule has 0 bridgehead atoms. The van der Waals surface area contributed by atoms with Gasteiger partial charge in [-0.1, -0.05) is 6.07 Å². The van der Waals surface area contributed by atoms with E-state index in [2.05, 4.69) is 36.3 Å². The Bertz CT molecular complexity index is 412. The molecule has 0 amide bonds. The Balaban J connectivity index is 2.32. The molecule has 0 saturated heterocycles. The monoisotopic (exact) mass is 218 g/mol. The normalized spacial score (nSPS) is 16.8. The van der Waals surface area contributed by atoms with Gasteiger partial charge >= 0.3 is 0 Å². The smallest absolute Gasteiger partial charge is 0.115 e. The van der Waals surface area contributed by atoms with E-state index in [1.807, 2.05) is 13.2 Å². The third-order valence-corrected chi connectivity index (χ3v) is 2.83. The van der Waals surface area contributed by atoms with E-state index in [0.29, 0.717) is 0 Å². The first-order chi connectivity index (χ1) is 7.72. The zero-order chi connectivity index (χ0) is 11.5. The van der Waals surface area contributed by atoms with E-state index in [1.165, 1.54) is 11.1 Å². The highest BCUT2D eigenvalue weighted by Gasteiger charge is 2.21. The van der Waals surface area contributed by atoms with Crippen LogP contribution in [0.5, 0.6) is 0 Å². The maximum atomic E-state index is 5.60. The number of nitrogens with one attached hydrogen (secondary N) is 1. The number of aryl methyl sites for hydroxylation is 2. The van der Waals surface area contributed by atoms with Gasteiger partial charge in [0.05, 0.1) is 12.3 Å². The minimum absolute atomic E-state index is 0.0862. The second-order valence-electron chi connectivity index (χ2n) is 4.18. The first-order valence-electron chi connectivity index (χ1n) is 5.65. The number of hydrogen-bond acceptors (Lipinski definition) is 3. The predicted octanol–water partition coefficient (Wildman–Crippen LogP) is 2.26. The van der Waals surface area contributed by atoms with Gasteiger partial charge in [-0.25, -0.2) is 0 Å². The number of pyridine rings is 1. The van der Waals surface area contributed by atoms with Gasteiger partial charge in [0.25, 0.3) is 0 Å². The van der Waals surface area contributed by atoms with Crippen LogP contribution in [0.25, 0.3) is 0 Å². The Morgan fingerprint density at radius 3 is 2.81 bits per heavy atom. The van der Waals surface area contributed by atoms with Crippen molar-refractivity contribution in [2.45, 2.75) is 26.3 Å². The van der Waals surface area contributed by atoms with Gasteiger partial charge in [-0.3, -0.25) is 4.98 Å². The maximum Gasteiger partial charge on any atom is 0.115 e. The summed E-state index contributed by atoms with van der Waals surface area (Å²) in [7, 11) is 1.94. The van der Waals surface area contributed by atoms with Gasteiger partial charge in [-0.05, 0) is 38.1 Å². The van der Waals surface area contributed by atoms with E-state index in [4.69, 9.17) is 4.74 Å². The molecule has 1 unspecified atom stereocenters. The summed E-state index contributed by atoms with van der Waals surface area (Å²) >= 11 is 0. The van der Waals surface area contributed by atoms with E-state index >= 15 is 0 Å². The fourth-order valence-corrected chi connectivity index (χ4v) is 2.08. The molecule has 1 aromatic rings. The molecule has 0 radical (unpaired) electrons. The molecule has 1 aliphatic heterocycles. The molecule has 16 heavy (non-hydrogen) atoms. The zero-order valence-electron chi connectivity index (χ0n) is 10.1. The number of ether oxygens (including phenoxy) is 1. The molecule has 1 N–H and O–H groups in total. The highest BCUT2D eigenvalue weighted by Crippen LogP contribution is 2.26. The van der Waals surface area contributed by atoms with E-state index in [9.17, 15) is 0 Å². The van der Waals surface area contributed by atoms with E-state index in [0.717, 1.165) is 24.5 Å². The fourth-order valence-electron chi connectivity index (χ4n) is 2.08. The zero-order valence-corrected chi connectivity index (χ0v) is 10.1. The van der Waals surface area contributed by atoms with Crippen molar-refractivity contribution in [2.24, 2.45) is 0 Å². The third kappa shape index (κ3) is 2.09.